The lowest BCUT2D eigenvalue weighted by atomic mass is 10.1. The first-order valence-electron chi connectivity index (χ1n) is 9.72. The predicted octanol–water partition coefficient (Wildman–Crippen LogP) is 4.92. The number of anilines is 1. The van der Waals surface area contributed by atoms with Gasteiger partial charge in [-0.1, -0.05) is 35.1 Å². The zero-order valence-electron chi connectivity index (χ0n) is 18.1. The number of hydrogen-bond donors (Lipinski definition) is 0. The molecule has 0 aliphatic rings. The Kier molecular flexibility index (Phi) is 9.37. The topological polar surface area (TPSA) is 54.9 Å². The molecule has 0 N–H and O–H groups in total. The second-order valence-corrected chi connectivity index (χ2v) is 8.41. The molecule has 168 valence electrons. The minimum atomic E-state index is -0.0184. The molecule has 9 heteroatoms. The number of rotatable bonds is 9. The summed E-state index contributed by atoms with van der Waals surface area (Å²) >= 11 is 7.78. The van der Waals surface area contributed by atoms with Gasteiger partial charge < -0.3 is 14.4 Å². The van der Waals surface area contributed by atoms with E-state index in [0.29, 0.717) is 34.6 Å². The number of carbonyl (C=O) groups is 1. The number of ether oxygens (including phenoxy) is 2. The molecule has 3 rings (SSSR count). The van der Waals surface area contributed by atoms with Crippen LogP contribution in [0.1, 0.15) is 12.5 Å². The molecule has 0 aliphatic carbocycles. The van der Waals surface area contributed by atoms with Gasteiger partial charge in [-0.2, -0.15) is 0 Å². The summed E-state index contributed by atoms with van der Waals surface area (Å²) < 4.78 is 11.7. The average Bonchev–Trinajstić information content (AvgIpc) is 3.16. The van der Waals surface area contributed by atoms with Gasteiger partial charge in [0.2, 0.25) is 5.91 Å². The Morgan fingerprint density at radius 2 is 1.84 bits per heavy atom. The molecule has 0 unspecified atom stereocenters. The summed E-state index contributed by atoms with van der Waals surface area (Å²) in [6, 6.07) is 11.2. The molecule has 0 spiro atoms. The van der Waals surface area contributed by atoms with Gasteiger partial charge in [-0.3, -0.25) is 9.69 Å². The molecule has 2 aromatic carbocycles. The minimum Gasteiger partial charge on any atom is -0.494 e. The predicted molar refractivity (Wildman–Crippen MR) is 131 cm³/mol. The number of methoxy groups -OCH3 is 1. The Labute approximate surface area is 198 Å². The van der Waals surface area contributed by atoms with Crippen molar-refractivity contribution in [1.82, 2.24) is 9.88 Å². The van der Waals surface area contributed by atoms with Crippen molar-refractivity contribution in [3.05, 3.63) is 47.0 Å². The number of carbonyl (C=O) groups excluding carboxylic acids is 1. The van der Waals surface area contributed by atoms with Crippen molar-refractivity contribution >= 4 is 56.6 Å². The molecule has 1 aromatic heterocycles. The maximum atomic E-state index is 13.2. The number of aromatic nitrogens is 1. The van der Waals surface area contributed by atoms with Crippen molar-refractivity contribution in [3.8, 4) is 11.5 Å². The number of benzene rings is 2. The number of fused-ring (bicyclic) bond motifs is 1. The number of thiazole rings is 1. The van der Waals surface area contributed by atoms with Gasteiger partial charge in [-0.25, -0.2) is 4.98 Å². The van der Waals surface area contributed by atoms with Gasteiger partial charge in [-0.05, 0) is 50.8 Å². The van der Waals surface area contributed by atoms with E-state index in [0.717, 1.165) is 22.6 Å². The second kappa shape index (κ2) is 11.5. The Hall–Kier alpha value is -2.06. The summed E-state index contributed by atoms with van der Waals surface area (Å²) in [4.78, 5) is 21.7. The fraction of sp³-hybridized carbons (Fsp3) is 0.364. The SMILES string of the molecule is CCOc1ccc(CC(=O)N(CCN(C)C)c2nc3c(OC)ccc(Cl)c3s2)cc1.Cl. The normalized spacial score (nSPS) is 10.8. The van der Waals surface area contributed by atoms with Crippen LogP contribution in [0.4, 0.5) is 5.13 Å². The van der Waals surface area contributed by atoms with Gasteiger partial charge in [0.15, 0.2) is 5.13 Å². The third kappa shape index (κ3) is 6.23. The van der Waals surface area contributed by atoms with E-state index >= 15 is 0 Å². The van der Waals surface area contributed by atoms with Crippen LogP contribution in [0.15, 0.2) is 36.4 Å². The fourth-order valence-electron chi connectivity index (χ4n) is 2.99. The van der Waals surface area contributed by atoms with Crippen LogP contribution >= 0.6 is 35.3 Å². The number of nitrogens with zero attached hydrogens (tertiary/aromatic N) is 3. The van der Waals surface area contributed by atoms with Crippen molar-refractivity contribution in [2.24, 2.45) is 0 Å². The van der Waals surface area contributed by atoms with E-state index in [1.54, 1.807) is 24.1 Å². The van der Waals surface area contributed by atoms with Crippen LogP contribution in [-0.4, -0.2) is 56.7 Å². The van der Waals surface area contributed by atoms with Crippen molar-refractivity contribution in [3.63, 3.8) is 0 Å². The lowest BCUT2D eigenvalue weighted by molar-refractivity contribution is -0.118. The third-order valence-electron chi connectivity index (χ3n) is 4.56. The number of likely N-dealkylation sites (N-methyl/N-ethyl adjacent to an activating group) is 1. The van der Waals surface area contributed by atoms with E-state index < -0.39 is 0 Å². The quantitative estimate of drug-likeness (QED) is 0.432. The van der Waals surface area contributed by atoms with E-state index in [-0.39, 0.29) is 24.7 Å². The molecule has 0 fully saturated rings. The van der Waals surface area contributed by atoms with Gasteiger partial charge in [-0.15, -0.1) is 12.4 Å². The highest BCUT2D eigenvalue weighted by Gasteiger charge is 2.22. The average molecular weight is 484 g/mol. The van der Waals surface area contributed by atoms with E-state index in [9.17, 15) is 4.79 Å². The smallest absolute Gasteiger partial charge is 0.233 e. The molecular formula is C22H27Cl2N3O3S. The van der Waals surface area contributed by atoms with Crippen LogP contribution in [0, 0.1) is 0 Å². The number of hydrogen-bond acceptors (Lipinski definition) is 6. The summed E-state index contributed by atoms with van der Waals surface area (Å²) in [5, 5.41) is 1.22. The van der Waals surface area contributed by atoms with Crippen molar-refractivity contribution in [1.29, 1.82) is 0 Å². The number of amides is 1. The maximum Gasteiger partial charge on any atom is 0.233 e. The molecule has 0 saturated carbocycles. The zero-order chi connectivity index (χ0) is 21.7. The molecule has 6 nitrogen and oxygen atoms in total. The van der Waals surface area contributed by atoms with E-state index in [2.05, 4.69) is 0 Å². The molecule has 0 radical (unpaired) electrons. The first kappa shape index (κ1) is 25.2. The van der Waals surface area contributed by atoms with Crippen LogP contribution in [0.3, 0.4) is 0 Å². The second-order valence-electron chi connectivity index (χ2n) is 7.03. The number of halogens is 2. The summed E-state index contributed by atoms with van der Waals surface area (Å²) in [5.74, 6) is 1.42. The lowest BCUT2D eigenvalue weighted by Gasteiger charge is -2.22. The molecule has 0 atom stereocenters. The summed E-state index contributed by atoms with van der Waals surface area (Å²) in [6.45, 7) is 3.80. The highest BCUT2D eigenvalue weighted by atomic mass is 35.5. The van der Waals surface area contributed by atoms with Crippen LogP contribution < -0.4 is 14.4 Å². The monoisotopic (exact) mass is 483 g/mol. The molecular weight excluding hydrogens is 457 g/mol. The van der Waals surface area contributed by atoms with Gasteiger partial charge in [0.05, 0.1) is 29.9 Å². The minimum absolute atomic E-state index is 0. The van der Waals surface area contributed by atoms with E-state index in [1.165, 1.54) is 11.3 Å². The standard InChI is InChI=1S/C22H26ClN3O3S.ClH/c1-5-29-16-8-6-15(7-9-16)14-19(27)26(13-12-25(2)3)22-24-20-18(28-4)11-10-17(23)21(20)30-22;/h6-11H,5,12-14H2,1-4H3;1H. The Morgan fingerprint density at radius 3 is 2.45 bits per heavy atom. The van der Waals surface area contributed by atoms with Crippen LogP contribution in [0.25, 0.3) is 10.2 Å². The van der Waals surface area contributed by atoms with Crippen molar-refractivity contribution in [2.75, 3.05) is 45.8 Å². The van der Waals surface area contributed by atoms with Gasteiger partial charge in [0.25, 0.3) is 0 Å². The lowest BCUT2D eigenvalue weighted by Crippen LogP contribution is -2.37. The molecule has 1 amide bonds. The summed E-state index contributed by atoms with van der Waals surface area (Å²) in [6.07, 6.45) is 0.278. The first-order chi connectivity index (χ1) is 14.4. The van der Waals surface area contributed by atoms with Gasteiger partial charge in [0.1, 0.15) is 17.0 Å². The molecule has 3 aromatic rings. The first-order valence-corrected chi connectivity index (χ1v) is 10.9. The van der Waals surface area contributed by atoms with Crippen LogP contribution in [0.2, 0.25) is 5.02 Å². The maximum absolute atomic E-state index is 13.2. The van der Waals surface area contributed by atoms with E-state index in [1.807, 2.05) is 50.2 Å². The fourth-order valence-corrected chi connectivity index (χ4v) is 4.29. The molecule has 31 heavy (non-hydrogen) atoms. The van der Waals surface area contributed by atoms with Gasteiger partial charge in [0, 0.05) is 13.1 Å². The van der Waals surface area contributed by atoms with Crippen molar-refractivity contribution < 1.29 is 14.3 Å². The largest absolute Gasteiger partial charge is 0.494 e. The van der Waals surface area contributed by atoms with Crippen molar-refractivity contribution in [2.45, 2.75) is 13.3 Å². The summed E-state index contributed by atoms with van der Waals surface area (Å²) in [5.41, 5.74) is 1.60. The highest BCUT2D eigenvalue weighted by molar-refractivity contribution is 7.23. The zero-order valence-corrected chi connectivity index (χ0v) is 20.4. The molecule has 0 saturated heterocycles. The van der Waals surface area contributed by atoms with Crippen LogP contribution in [-0.2, 0) is 11.2 Å². The molecule has 0 aliphatic heterocycles. The van der Waals surface area contributed by atoms with E-state index in [4.69, 9.17) is 26.1 Å². The Bertz CT molecular complexity index is 1010. The Balaban J connectivity index is 0.00000341. The Morgan fingerprint density at radius 1 is 1.13 bits per heavy atom. The molecule has 0 bridgehead atoms. The van der Waals surface area contributed by atoms with Crippen LogP contribution in [0.5, 0.6) is 11.5 Å². The summed E-state index contributed by atoms with van der Waals surface area (Å²) in [7, 11) is 5.56. The highest BCUT2D eigenvalue weighted by Crippen LogP contribution is 2.38. The third-order valence-corrected chi connectivity index (χ3v) is 6.10. The molecule has 1 heterocycles. The van der Waals surface area contributed by atoms with Gasteiger partial charge >= 0.3 is 0 Å².